The van der Waals surface area contributed by atoms with E-state index in [4.69, 9.17) is 0 Å². The zero-order valence-electron chi connectivity index (χ0n) is 11.0. The number of nitrogens with zero attached hydrogens (tertiary/aromatic N) is 3. The highest BCUT2D eigenvalue weighted by Crippen LogP contribution is 2.22. The van der Waals surface area contributed by atoms with Gasteiger partial charge in [-0.1, -0.05) is 36.5 Å². The predicted octanol–water partition coefficient (Wildman–Crippen LogP) is 3.42. The Kier molecular flexibility index (Phi) is 3.73. The Morgan fingerprint density at radius 3 is 2.31 bits per heavy atom. The number of rotatable bonds is 1. The van der Waals surface area contributed by atoms with Crippen molar-refractivity contribution < 1.29 is 0 Å². The molecule has 1 heterocycles. The SMILES string of the molecule is CN=S(C)(C)=Nc1cccc(C(C)(C)C)n1. The van der Waals surface area contributed by atoms with Crippen molar-refractivity contribution in [1.29, 1.82) is 0 Å². The van der Waals surface area contributed by atoms with Crippen LogP contribution in [0.25, 0.3) is 0 Å². The molecule has 0 saturated heterocycles. The normalized spacial score (nSPS) is 12.4. The molecule has 0 aliphatic heterocycles. The van der Waals surface area contributed by atoms with Crippen LogP contribution in [0, 0.1) is 0 Å². The summed E-state index contributed by atoms with van der Waals surface area (Å²) < 4.78 is 8.87. The first-order chi connectivity index (χ1) is 7.24. The highest BCUT2D eigenvalue weighted by molar-refractivity contribution is 7.94. The second-order valence-electron chi connectivity index (χ2n) is 5.13. The van der Waals surface area contributed by atoms with Crippen LogP contribution in [0.1, 0.15) is 26.5 Å². The second-order valence-corrected chi connectivity index (χ2v) is 8.11. The van der Waals surface area contributed by atoms with E-state index in [0.29, 0.717) is 0 Å². The molecule has 0 N–H and O–H groups in total. The quantitative estimate of drug-likeness (QED) is 0.740. The molecule has 1 rings (SSSR count). The molecule has 0 bridgehead atoms. The highest BCUT2D eigenvalue weighted by atomic mass is 32.2. The Balaban J connectivity index is 3.26. The Labute approximate surface area is 99.1 Å². The maximum Gasteiger partial charge on any atom is 0.160 e. The van der Waals surface area contributed by atoms with Gasteiger partial charge in [0.05, 0.1) is 0 Å². The average molecular weight is 239 g/mol. The largest absolute Gasteiger partial charge is 0.258 e. The van der Waals surface area contributed by atoms with Gasteiger partial charge in [-0.05, 0) is 12.1 Å². The summed E-state index contributed by atoms with van der Waals surface area (Å²) in [6, 6.07) is 6.00. The minimum Gasteiger partial charge on any atom is -0.258 e. The Morgan fingerprint density at radius 1 is 1.19 bits per heavy atom. The van der Waals surface area contributed by atoms with Crippen molar-refractivity contribution in [3.05, 3.63) is 23.9 Å². The zero-order valence-corrected chi connectivity index (χ0v) is 11.8. The molecule has 1 aromatic heterocycles. The van der Waals surface area contributed by atoms with Crippen LogP contribution in [0.4, 0.5) is 5.82 Å². The summed E-state index contributed by atoms with van der Waals surface area (Å²) >= 11 is 0. The van der Waals surface area contributed by atoms with Crippen molar-refractivity contribution in [3.63, 3.8) is 0 Å². The highest BCUT2D eigenvalue weighted by Gasteiger charge is 2.15. The van der Waals surface area contributed by atoms with E-state index in [1.165, 1.54) is 0 Å². The summed E-state index contributed by atoms with van der Waals surface area (Å²) in [4.78, 5) is 4.57. The molecular weight excluding hydrogens is 218 g/mol. The molecule has 0 fully saturated rings. The lowest BCUT2D eigenvalue weighted by atomic mass is 9.92. The lowest BCUT2D eigenvalue weighted by Crippen LogP contribution is -2.12. The van der Waals surface area contributed by atoms with E-state index in [1.807, 2.05) is 25.2 Å². The third-order valence-electron chi connectivity index (χ3n) is 2.27. The fraction of sp³-hybridized carbons (Fsp3) is 0.583. The fourth-order valence-electron chi connectivity index (χ4n) is 1.16. The first-order valence-electron chi connectivity index (χ1n) is 5.29. The van der Waals surface area contributed by atoms with Crippen molar-refractivity contribution >= 4 is 15.4 Å². The van der Waals surface area contributed by atoms with Crippen LogP contribution in [-0.2, 0) is 15.0 Å². The van der Waals surface area contributed by atoms with Gasteiger partial charge in [0, 0.05) is 30.7 Å². The third kappa shape index (κ3) is 3.59. The molecule has 0 atom stereocenters. The van der Waals surface area contributed by atoms with E-state index in [9.17, 15) is 0 Å². The zero-order chi connectivity index (χ0) is 12.4. The molecule has 90 valence electrons. The van der Waals surface area contributed by atoms with Gasteiger partial charge in [-0.25, -0.2) is 4.98 Å². The van der Waals surface area contributed by atoms with Crippen LogP contribution in [0.2, 0.25) is 0 Å². The summed E-state index contributed by atoms with van der Waals surface area (Å²) in [6.07, 6.45) is 4.11. The van der Waals surface area contributed by atoms with Crippen LogP contribution >= 0.6 is 0 Å². The van der Waals surface area contributed by atoms with Crippen molar-refractivity contribution in [2.24, 2.45) is 8.73 Å². The molecule has 3 nitrogen and oxygen atoms in total. The summed E-state index contributed by atoms with van der Waals surface area (Å²) in [7, 11) is 0.565. The fourth-order valence-corrected chi connectivity index (χ4v) is 1.80. The molecule has 0 amide bonds. The average Bonchev–Trinajstić information content (AvgIpc) is 2.16. The van der Waals surface area contributed by atoms with Crippen molar-refractivity contribution in [3.8, 4) is 0 Å². The number of hydrogen-bond donors (Lipinski definition) is 0. The summed E-state index contributed by atoms with van der Waals surface area (Å²) in [5.74, 6) is 0.790. The maximum absolute atomic E-state index is 4.59. The van der Waals surface area contributed by atoms with Gasteiger partial charge < -0.3 is 0 Å². The lowest BCUT2D eigenvalue weighted by molar-refractivity contribution is 0.569. The lowest BCUT2D eigenvalue weighted by Gasteiger charge is -2.17. The van der Waals surface area contributed by atoms with E-state index in [0.717, 1.165) is 11.5 Å². The molecule has 0 unspecified atom stereocenters. The van der Waals surface area contributed by atoms with Gasteiger partial charge >= 0.3 is 0 Å². The molecular formula is C12H21N3S. The number of pyridine rings is 1. The molecule has 0 radical (unpaired) electrons. The van der Waals surface area contributed by atoms with E-state index < -0.39 is 9.62 Å². The molecule has 0 aliphatic carbocycles. The topological polar surface area (TPSA) is 37.6 Å². The van der Waals surface area contributed by atoms with Gasteiger partial charge in [-0.2, -0.15) is 4.36 Å². The summed E-state index contributed by atoms with van der Waals surface area (Å²) in [5.41, 5.74) is 1.13. The predicted molar refractivity (Wildman–Crippen MR) is 72.6 cm³/mol. The standard InChI is InChI=1S/C12H21N3S/c1-12(2,3)10-8-7-9-11(14-10)15-16(5,6)13-4/h7-9H,1-6H3. The molecule has 0 aliphatic rings. The monoisotopic (exact) mass is 239 g/mol. The van der Waals surface area contributed by atoms with Crippen LogP contribution < -0.4 is 0 Å². The maximum atomic E-state index is 4.59. The van der Waals surface area contributed by atoms with Gasteiger partial charge in [-0.15, -0.1) is 0 Å². The molecule has 4 heteroatoms. The van der Waals surface area contributed by atoms with Gasteiger partial charge in [0.25, 0.3) is 0 Å². The van der Waals surface area contributed by atoms with Gasteiger partial charge in [-0.3, -0.25) is 4.36 Å². The van der Waals surface area contributed by atoms with E-state index in [2.05, 4.69) is 47.0 Å². The van der Waals surface area contributed by atoms with E-state index >= 15 is 0 Å². The van der Waals surface area contributed by atoms with Gasteiger partial charge in [0.1, 0.15) is 0 Å². The van der Waals surface area contributed by atoms with Crippen LogP contribution in [0.15, 0.2) is 26.9 Å². The summed E-state index contributed by atoms with van der Waals surface area (Å²) in [6.45, 7) is 6.46. The van der Waals surface area contributed by atoms with E-state index in [1.54, 1.807) is 0 Å². The van der Waals surface area contributed by atoms with Crippen molar-refractivity contribution in [1.82, 2.24) is 4.98 Å². The van der Waals surface area contributed by atoms with Crippen LogP contribution in [0.3, 0.4) is 0 Å². The molecule has 16 heavy (non-hydrogen) atoms. The van der Waals surface area contributed by atoms with Crippen LogP contribution in [-0.4, -0.2) is 24.5 Å². The smallest absolute Gasteiger partial charge is 0.160 e. The van der Waals surface area contributed by atoms with Gasteiger partial charge in [0.2, 0.25) is 0 Å². The second kappa shape index (κ2) is 4.53. The minimum absolute atomic E-state index is 0.0639. The number of hydrogen-bond acceptors (Lipinski definition) is 3. The Morgan fingerprint density at radius 2 is 1.81 bits per heavy atom. The van der Waals surface area contributed by atoms with Crippen molar-refractivity contribution in [2.75, 3.05) is 19.6 Å². The third-order valence-corrected chi connectivity index (χ3v) is 3.79. The summed E-state index contributed by atoms with van der Waals surface area (Å²) in [5, 5.41) is 0. The number of aromatic nitrogens is 1. The minimum atomic E-state index is -1.25. The molecule has 0 aromatic carbocycles. The Bertz CT molecular complexity index is 481. The van der Waals surface area contributed by atoms with Crippen LogP contribution in [0.5, 0.6) is 0 Å². The first kappa shape index (κ1) is 13.2. The Hall–Kier alpha value is -0.900. The molecule has 0 spiro atoms. The first-order valence-corrected chi connectivity index (χ1v) is 7.66. The molecule has 1 aromatic rings. The molecule has 0 saturated carbocycles. The van der Waals surface area contributed by atoms with E-state index in [-0.39, 0.29) is 5.41 Å². The van der Waals surface area contributed by atoms with Gasteiger partial charge in [0.15, 0.2) is 5.82 Å². The van der Waals surface area contributed by atoms with Crippen molar-refractivity contribution in [2.45, 2.75) is 26.2 Å².